The van der Waals surface area contributed by atoms with E-state index in [9.17, 15) is 9.59 Å². The van der Waals surface area contributed by atoms with Crippen molar-refractivity contribution in [2.45, 2.75) is 32.9 Å². The van der Waals surface area contributed by atoms with Gasteiger partial charge in [0.2, 0.25) is 0 Å². The van der Waals surface area contributed by atoms with Gasteiger partial charge in [0.05, 0.1) is 18.3 Å². The smallest absolute Gasteiger partial charge is 0.350 e. The van der Waals surface area contributed by atoms with E-state index in [1.165, 1.54) is 4.68 Å². The Bertz CT molecular complexity index is 1460. The van der Waals surface area contributed by atoms with Gasteiger partial charge in [0, 0.05) is 31.9 Å². The van der Waals surface area contributed by atoms with Crippen molar-refractivity contribution < 1.29 is 9.53 Å². The van der Waals surface area contributed by atoms with E-state index in [2.05, 4.69) is 27.0 Å². The molecule has 2 atom stereocenters. The number of aromatic nitrogens is 3. The van der Waals surface area contributed by atoms with Crippen LogP contribution < -0.4 is 10.6 Å². The van der Waals surface area contributed by atoms with E-state index < -0.39 is 6.04 Å². The van der Waals surface area contributed by atoms with E-state index in [0.717, 1.165) is 54.2 Å². The summed E-state index contributed by atoms with van der Waals surface area (Å²) in [6, 6.07) is 25.4. The summed E-state index contributed by atoms with van der Waals surface area (Å²) in [7, 11) is 0. The lowest BCUT2D eigenvalue weighted by Crippen LogP contribution is -2.49. The fourth-order valence-electron chi connectivity index (χ4n) is 5.32. The predicted molar refractivity (Wildman–Crippen MR) is 152 cm³/mol. The van der Waals surface area contributed by atoms with Crippen molar-refractivity contribution >= 4 is 11.7 Å². The summed E-state index contributed by atoms with van der Waals surface area (Å²) in [4.78, 5) is 30.6. The van der Waals surface area contributed by atoms with Gasteiger partial charge in [0.15, 0.2) is 0 Å². The lowest BCUT2D eigenvalue weighted by molar-refractivity contribution is -0.150. The summed E-state index contributed by atoms with van der Waals surface area (Å²) in [5.41, 5.74) is 4.74. The molecular formula is C31H35N5O3. The molecule has 0 radical (unpaired) electrons. The van der Waals surface area contributed by atoms with Gasteiger partial charge in [-0.1, -0.05) is 60.7 Å². The Labute approximate surface area is 229 Å². The molecule has 0 aliphatic carbocycles. The van der Waals surface area contributed by atoms with Gasteiger partial charge in [-0.25, -0.2) is 18.8 Å². The van der Waals surface area contributed by atoms with E-state index in [4.69, 9.17) is 4.74 Å². The summed E-state index contributed by atoms with van der Waals surface area (Å²) < 4.78 is 8.55. The predicted octanol–water partition coefficient (Wildman–Crippen LogP) is 4.38. The van der Waals surface area contributed by atoms with Gasteiger partial charge in [-0.3, -0.25) is 4.90 Å². The van der Waals surface area contributed by atoms with E-state index in [1.54, 1.807) is 10.9 Å². The molecule has 2 unspecified atom stereocenters. The fourth-order valence-corrected chi connectivity index (χ4v) is 5.32. The highest BCUT2D eigenvalue weighted by molar-refractivity contribution is 5.77. The zero-order valence-corrected chi connectivity index (χ0v) is 22.7. The third-order valence-corrected chi connectivity index (χ3v) is 7.45. The Morgan fingerprint density at radius 3 is 2.18 bits per heavy atom. The van der Waals surface area contributed by atoms with Crippen LogP contribution >= 0.6 is 0 Å². The van der Waals surface area contributed by atoms with Gasteiger partial charge in [-0.05, 0) is 55.7 Å². The molecule has 1 aromatic heterocycles. The van der Waals surface area contributed by atoms with Gasteiger partial charge in [-0.2, -0.15) is 5.10 Å². The Kier molecular flexibility index (Phi) is 7.93. The van der Waals surface area contributed by atoms with Crippen molar-refractivity contribution in [3.05, 3.63) is 112 Å². The number of rotatable bonds is 8. The Morgan fingerprint density at radius 2 is 1.56 bits per heavy atom. The maximum Gasteiger partial charge on any atom is 0.350 e. The molecule has 1 fully saturated rings. The van der Waals surface area contributed by atoms with Crippen molar-refractivity contribution in [3.63, 3.8) is 0 Å². The molecule has 3 aromatic carbocycles. The number of nitrogens with zero attached hydrogens (tertiary/aromatic N) is 5. The normalized spacial score (nSPS) is 15.6. The monoisotopic (exact) mass is 525 g/mol. The molecule has 5 rings (SSSR count). The number of ether oxygens (including phenoxy) is 1. The van der Waals surface area contributed by atoms with E-state index in [-0.39, 0.29) is 17.7 Å². The van der Waals surface area contributed by atoms with Crippen LogP contribution in [-0.2, 0) is 9.53 Å². The van der Waals surface area contributed by atoms with Crippen molar-refractivity contribution in [2.24, 2.45) is 0 Å². The molecule has 0 spiro atoms. The van der Waals surface area contributed by atoms with Crippen molar-refractivity contribution in [1.29, 1.82) is 0 Å². The summed E-state index contributed by atoms with van der Waals surface area (Å²) in [5.74, 6) is -0.204. The minimum absolute atomic E-state index is 0.162. The maximum atomic E-state index is 13.3. The lowest BCUT2D eigenvalue weighted by atomic mass is 10.0. The SMILES string of the molecule is CCOC(=O)C(c1ccccc1)N1CCN(c2ccc(-n3cnn(C(C)c4ccccc4)c3=O)c(C)c2)CC1. The van der Waals surface area contributed by atoms with E-state index in [0.29, 0.717) is 6.61 Å². The lowest BCUT2D eigenvalue weighted by Gasteiger charge is -2.39. The van der Waals surface area contributed by atoms with Crippen molar-refractivity contribution in [1.82, 2.24) is 19.2 Å². The molecule has 0 saturated carbocycles. The molecule has 2 heterocycles. The molecule has 8 nitrogen and oxygen atoms in total. The van der Waals surface area contributed by atoms with Crippen LogP contribution in [0.25, 0.3) is 5.69 Å². The maximum absolute atomic E-state index is 13.3. The zero-order valence-electron chi connectivity index (χ0n) is 22.7. The summed E-state index contributed by atoms with van der Waals surface area (Å²) in [6.07, 6.45) is 1.60. The first-order valence-electron chi connectivity index (χ1n) is 13.5. The standard InChI is InChI=1S/C31H35N5O3/c1-4-39-30(37)29(26-13-9-6-10-14-26)34-19-17-33(18-20-34)27-15-16-28(23(2)21-27)35-22-32-36(31(35)38)24(3)25-11-7-5-8-12-25/h5-16,21-22,24,29H,4,17-20H2,1-3H3. The minimum atomic E-state index is -0.404. The van der Waals surface area contributed by atoms with Gasteiger partial charge >= 0.3 is 11.7 Å². The Morgan fingerprint density at radius 1 is 0.923 bits per heavy atom. The average Bonchev–Trinajstić information content (AvgIpc) is 3.35. The highest BCUT2D eigenvalue weighted by atomic mass is 16.5. The Balaban J connectivity index is 1.30. The molecule has 4 aromatic rings. The summed E-state index contributed by atoms with van der Waals surface area (Å²) >= 11 is 0. The van der Waals surface area contributed by atoms with Crippen LogP contribution in [-0.4, -0.2) is 58.0 Å². The first kappa shape index (κ1) is 26.4. The zero-order chi connectivity index (χ0) is 27.4. The minimum Gasteiger partial charge on any atom is -0.465 e. The molecule has 1 saturated heterocycles. The molecule has 8 heteroatoms. The molecule has 0 N–H and O–H groups in total. The molecule has 1 aliphatic heterocycles. The van der Waals surface area contributed by atoms with Gasteiger partial charge in [0.1, 0.15) is 12.4 Å². The van der Waals surface area contributed by atoms with Crippen LogP contribution in [0.3, 0.4) is 0 Å². The number of carbonyl (C=O) groups excluding carboxylic acids is 1. The van der Waals surface area contributed by atoms with Gasteiger partial charge < -0.3 is 9.64 Å². The molecule has 1 aliphatic rings. The number of aryl methyl sites for hydroxylation is 1. The van der Waals surface area contributed by atoms with E-state index >= 15 is 0 Å². The molecule has 0 amide bonds. The van der Waals surface area contributed by atoms with Crippen molar-refractivity contribution in [2.75, 3.05) is 37.7 Å². The topological polar surface area (TPSA) is 72.6 Å². The largest absolute Gasteiger partial charge is 0.465 e. The number of benzene rings is 3. The second-order valence-corrected chi connectivity index (χ2v) is 9.87. The number of esters is 1. The number of hydrogen-bond donors (Lipinski definition) is 0. The fraction of sp³-hybridized carbons (Fsp3) is 0.323. The highest BCUT2D eigenvalue weighted by Gasteiger charge is 2.31. The third kappa shape index (κ3) is 5.52. The molecule has 202 valence electrons. The number of carbonyl (C=O) groups is 1. The van der Waals surface area contributed by atoms with E-state index in [1.807, 2.05) is 87.5 Å². The van der Waals surface area contributed by atoms with Gasteiger partial charge in [0.25, 0.3) is 0 Å². The molecule has 39 heavy (non-hydrogen) atoms. The number of anilines is 1. The number of hydrogen-bond acceptors (Lipinski definition) is 6. The van der Waals surface area contributed by atoms with Crippen molar-refractivity contribution in [3.8, 4) is 5.69 Å². The molecule has 0 bridgehead atoms. The Hall–Kier alpha value is -4.17. The highest BCUT2D eigenvalue weighted by Crippen LogP contribution is 2.27. The van der Waals surface area contributed by atoms with Crippen LogP contribution in [0.2, 0.25) is 0 Å². The van der Waals surface area contributed by atoms with Crippen LogP contribution in [0, 0.1) is 6.92 Å². The van der Waals surface area contributed by atoms with Crippen LogP contribution in [0.15, 0.2) is 90.0 Å². The third-order valence-electron chi connectivity index (χ3n) is 7.45. The number of piperazine rings is 1. The average molecular weight is 526 g/mol. The quantitative estimate of drug-likeness (QED) is 0.318. The van der Waals surface area contributed by atoms with Crippen LogP contribution in [0.5, 0.6) is 0 Å². The summed E-state index contributed by atoms with van der Waals surface area (Å²) in [6.45, 7) is 9.25. The van der Waals surface area contributed by atoms with Crippen LogP contribution in [0.1, 0.15) is 42.6 Å². The van der Waals surface area contributed by atoms with Crippen LogP contribution in [0.4, 0.5) is 5.69 Å². The van der Waals surface area contributed by atoms with Gasteiger partial charge in [-0.15, -0.1) is 0 Å². The first-order chi connectivity index (χ1) is 19.0. The first-order valence-corrected chi connectivity index (χ1v) is 13.5. The second kappa shape index (κ2) is 11.7. The second-order valence-electron chi connectivity index (χ2n) is 9.87. The summed E-state index contributed by atoms with van der Waals surface area (Å²) in [5, 5.41) is 4.41. The molecular weight excluding hydrogens is 490 g/mol.